The van der Waals surface area contributed by atoms with Gasteiger partial charge in [0.05, 0.1) is 6.04 Å². The first-order chi connectivity index (χ1) is 5.72. The molecule has 1 aliphatic carbocycles. The number of nitrogens with two attached hydrogens (primary N) is 2. The highest BCUT2D eigenvalue weighted by atomic mass is 16.1. The summed E-state index contributed by atoms with van der Waals surface area (Å²) in [5, 5.41) is 0. The lowest BCUT2D eigenvalue weighted by Crippen LogP contribution is -2.31. The minimum Gasteiger partial charge on any atom is -0.328 e. The Morgan fingerprint density at radius 2 is 1.92 bits per heavy atom. The van der Waals surface area contributed by atoms with Crippen LogP contribution >= 0.6 is 0 Å². The monoisotopic (exact) mass is 169 g/mol. The van der Waals surface area contributed by atoms with Crippen LogP contribution in [-0.2, 0) is 4.79 Å². The molecule has 0 aliphatic heterocycles. The molecular formula is C9H17N2O. The van der Waals surface area contributed by atoms with Gasteiger partial charge in [-0.05, 0) is 38.0 Å². The Kier molecular flexibility index (Phi) is 3.69. The van der Waals surface area contributed by atoms with Gasteiger partial charge in [-0.15, -0.1) is 0 Å². The van der Waals surface area contributed by atoms with Crippen LogP contribution < -0.4 is 11.5 Å². The van der Waals surface area contributed by atoms with Gasteiger partial charge in [0, 0.05) is 6.04 Å². The number of carbonyl (C=O) groups excluding carboxylic acids is 1. The smallest absolute Gasteiger partial charge is 0.216 e. The number of hydrogen-bond acceptors (Lipinski definition) is 3. The molecule has 0 bridgehead atoms. The molecule has 0 spiro atoms. The molecule has 4 N–H and O–H groups in total. The van der Waals surface area contributed by atoms with E-state index in [1.807, 2.05) is 6.29 Å². The molecule has 0 aromatic rings. The number of rotatable bonds is 3. The summed E-state index contributed by atoms with van der Waals surface area (Å²) < 4.78 is 0. The average Bonchev–Trinajstić information content (AvgIpc) is 2.09. The van der Waals surface area contributed by atoms with Crippen molar-refractivity contribution in [2.45, 2.75) is 44.2 Å². The molecule has 1 aliphatic rings. The summed E-state index contributed by atoms with van der Waals surface area (Å²) in [6, 6.07) is -0.0120. The predicted molar refractivity (Wildman–Crippen MR) is 48.2 cm³/mol. The van der Waals surface area contributed by atoms with E-state index in [9.17, 15) is 4.79 Å². The zero-order chi connectivity index (χ0) is 8.97. The lowest BCUT2D eigenvalue weighted by molar-refractivity contribution is 0.305. The molecule has 12 heavy (non-hydrogen) atoms. The van der Waals surface area contributed by atoms with Crippen LogP contribution in [0.25, 0.3) is 0 Å². The van der Waals surface area contributed by atoms with Crippen LogP contribution in [0.2, 0.25) is 0 Å². The molecule has 1 atom stereocenters. The van der Waals surface area contributed by atoms with E-state index >= 15 is 0 Å². The van der Waals surface area contributed by atoms with E-state index in [2.05, 4.69) is 0 Å². The van der Waals surface area contributed by atoms with Gasteiger partial charge in [0.15, 0.2) is 0 Å². The maximum Gasteiger partial charge on any atom is 0.216 e. The largest absolute Gasteiger partial charge is 0.328 e. The van der Waals surface area contributed by atoms with Crippen LogP contribution in [0.3, 0.4) is 0 Å². The van der Waals surface area contributed by atoms with Gasteiger partial charge < -0.3 is 11.5 Å². The quantitative estimate of drug-likeness (QED) is 0.639. The van der Waals surface area contributed by atoms with E-state index in [4.69, 9.17) is 11.5 Å². The normalized spacial score (nSPS) is 32.8. The standard InChI is InChI=1S/C9H17N2O/c10-8-3-1-7(2-4-8)5-9(11)6-12/h7-9H,1-5,10-11H2/t7?,8?,9-/m1/s1. The molecule has 0 heterocycles. The third kappa shape index (κ3) is 2.91. The predicted octanol–water partition coefficient (Wildman–Crippen LogP) is 0.331. The van der Waals surface area contributed by atoms with Gasteiger partial charge in [0.25, 0.3) is 0 Å². The molecule has 69 valence electrons. The van der Waals surface area contributed by atoms with Crippen molar-refractivity contribution < 1.29 is 4.79 Å². The van der Waals surface area contributed by atoms with Crippen molar-refractivity contribution in [1.29, 1.82) is 0 Å². The lowest BCUT2D eigenvalue weighted by Gasteiger charge is -2.26. The van der Waals surface area contributed by atoms with E-state index in [1.165, 1.54) is 0 Å². The summed E-state index contributed by atoms with van der Waals surface area (Å²) in [4.78, 5) is 10.2. The van der Waals surface area contributed by atoms with Crippen molar-refractivity contribution in [2.24, 2.45) is 17.4 Å². The summed E-state index contributed by atoms with van der Waals surface area (Å²) in [7, 11) is 0. The van der Waals surface area contributed by atoms with Gasteiger partial charge in [-0.3, -0.25) is 4.79 Å². The van der Waals surface area contributed by atoms with Gasteiger partial charge in [-0.2, -0.15) is 0 Å². The highest BCUT2D eigenvalue weighted by Crippen LogP contribution is 2.26. The average molecular weight is 169 g/mol. The summed E-state index contributed by atoms with van der Waals surface area (Å²) in [6.07, 6.45) is 7.01. The molecule has 1 radical (unpaired) electrons. The Bertz CT molecular complexity index is 141. The molecule has 0 saturated heterocycles. The Morgan fingerprint density at radius 1 is 1.33 bits per heavy atom. The van der Waals surface area contributed by atoms with E-state index in [-0.39, 0.29) is 6.04 Å². The van der Waals surface area contributed by atoms with Crippen LogP contribution in [0.1, 0.15) is 32.1 Å². The SMILES string of the molecule is NC1CCC(C[C@@H](N)[C]=O)CC1. The van der Waals surface area contributed by atoms with Gasteiger partial charge in [0.1, 0.15) is 0 Å². The molecule has 0 unspecified atom stereocenters. The fourth-order valence-corrected chi connectivity index (χ4v) is 1.83. The third-order valence-electron chi connectivity index (χ3n) is 2.63. The molecule has 0 aromatic heterocycles. The zero-order valence-corrected chi connectivity index (χ0v) is 7.33. The van der Waals surface area contributed by atoms with Crippen LogP contribution in [0, 0.1) is 5.92 Å². The highest BCUT2D eigenvalue weighted by molar-refractivity contribution is 5.57. The Morgan fingerprint density at radius 3 is 2.42 bits per heavy atom. The maximum atomic E-state index is 10.2. The second kappa shape index (κ2) is 4.58. The first-order valence-corrected chi connectivity index (χ1v) is 4.61. The molecular weight excluding hydrogens is 152 g/mol. The maximum absolute atomic E-state index is 10.2. The fraction of sp³-hybridized carbons (Fsp3) is 0.889. The van der Waals surface area contributed by atoms with Crippen molar-refractivity contribution in [3.05, 3.63) is 0 Å². The zero-order valence-electron chi connectivity index (χ0n) is 7.33. The van der Waals surface area contributed by atoms with E-state index in [0.29, 0.717) is 12.0 Å². The summed E-state index contributed by atoms with van der Waals surface area (Å²) in [6.45, 7) is 0. The van der Waals surface area contributed by atoms with Crippen LogP contribution in [0.15, 0.2) is 0 Å². The molecule has 1 fully saturated rings. The fourth-order valence-electron chi connectivity index (χ4n) is 1.83. The van der Waals surface area contributed by atoms with E-state index < -0.39 is 0 Å². The van der Waals surface area contributed by atoms with Crippen molar-refractivity contribution in [1.82, 2.24) is 0 Å². The van der Waals surface area contributed by atoms with Gasteiger partial charge >= 0.3 is 0 Å². The lowest BCUT2D eigenvalue weighted by atomic mass is 9.83. The van der Waals surface area contributed by atoms with Crippen LogP contribution in [-0.4, -0.2) is 18.4 Å². The van der Waals surface area contributed by atoms with Crippen molar-refractivity contribution in [3.63, 3.8) is 0 Å². The van der Waals surface area contributed by atoms with E-state index in [1.54, 1.807) is 0 Å². The molecule has 1 rings (SSSR count). The molecule has 3 heteroatoms. The van der Waals surface area contributed by atoms with Crippen LogP contribution in [0.5, 0.6) is 0 Å². The van der Waals surface area contributed by atoms with Gasteiger partial charge in [-0.1, -0.05) is 0 Å². The van der Waals surface area contributed by atoms with E-state index in [0.717, 1.165) is 32.1 Å². The first-order valence-electron chi connectivity index (χ1n) is 4.61. The first kappa shape index (κ1) is 9.68. The molecule has 3 nitrogen and oxygen atoms in total. The Hall–Kier alpha value is -0.410. The molecule has 0 aromatic carbocycles. The summed E-state index contributed by atoms with van der Waals surface area (Å²) in [5.74, 6) is 0.598. The number of hydrogen-bond donors (Lipinski definition) is 2. The minimum atomic E-state index is -0.385. The van der Waals surface area contributed by atoms with Crippen molar-refractivity contribution >= 4 is 6.29 Å². The second-order valence-corrected chi connectivity index (χ2v) is 3.74. The Labute approximate surface area is 73.5 Å². The Balaban J connectivity index is 2.21. The second-order valence-electron chi connectivity index (χ2n) is 3.74. The topological polar surface area (TPSA) is 69.1 Å². The van der Waals surface area contributed by atoms with Gasteiger partial charge in [0.2, 0.25) is 6.29 Å². The summed E-state index contributed by atoms with van der Waals surface area (Å²) >= 11 is 0. The molecule has 1 saturated carbocycles. The molecule has 0 amide bonds. The third-order valence-corrected chi connectivity index (χ3v) is 2.63. The van der Waals surface area contributed by atoms with Crippen LogP contribution in [0.4, 0.5) is 0 Å². The van der Waals surface area contributed by atoms with Crippen molar-refractivity contribution in [3.8, 4) is 0 Å². The van der Waals surface area contributed by atoms with Gasteiger partial charge in [-0.25, -0.2) is 0 Å². The summed E-state index contributed by atoms with van der Waals surface area (Å²) in [5.41, 5.74) is 11.2. The minimum absolute atomic E-state index is 0.373. The highest BCUT2D eigenvalue weighted by Gasteiger charge is 2.20. The van der Waals surface area contributed by atoms with Crippen molar-refractivity contribution in [2.75, 3.05) is 0 Å².